The van der Waals surface area contributed by atoms with Gasteiger partial charge in [0.05, 0.1) is 13.0 Å². The predicted molar refractivity (Wildman–Crippen MR) is 78.2 cm³/mol. The van der Waals surface area contributed by atoms with Gasteiger partial charge in [-0.05, 0) is 37.0 Å². The number of aliphatic carboxylic acids is 1. The van der Waals surface area contributed by atoms with Crippen LogP contribution in [0.5, 0.6) is 5.75 Å². The van der Waals surface area contributed by atoms with E-state index in [2.05, 4.69) is 0 Å². The standard InChI is InChI=1S/C16H20FNO4/c1-22-14-6-4-11(9-13(14)17)5-7-15(19)18-8-2-3-12(10-18)16(20)21/h4,6,9,12H,2-3,5,7-8,10H2,1H3,(H,20,21)/t12-/m0/s1. The van der Waals surface area contributed by atoms with Crippen molar-refractivity contribution in [3.05, 3.63) is 29.6 Å². The largest absolute Gasteiger partial charge is 0.494 e. The van der Waals surface area contributed by atoms with Gasteiger partial charge < -0.3 is 14.7 Å². The summed E-state index contributed by atoms with van der Waals surface area (Å²) in [5, 5.41) is 9.03. The molecule has 1 heterocycles. The Morgan fingerprint density at radius 2 is 2.23 bits per heavy atom. The number of likely N-dealkylation sites (tertiary alicyclic amines) is 1. The first kappa shape index (κ1) is 16.3. The van der Waals surface area contributed by atoms with E-state index < -0.39 is 17.7 Å². The van der Waals surface area contributed by atoms with Crippen molar-refractivity contribution in [3.63, 3.8) is 0 Å². The molecule has 1 aromatic rings. The molecule has 1 aliphatic rings. The molecule has 1 N–H and O–H groups in total. The smallest absolute Gasteiger partial charge is 0.308 e. The third-order valence-corrected chi connectivity index (χ3v) is 3.97. The monoisotopic (exact) mass is 309 g/mol. The van der Waals surface area contributed by atoms with Crippen LogP contribution in [0.25, 0.3) is 0 Å². The number of rotatable bonds is 5. The predicted octanol–water partition coefficient (Wildman–Crippen LogP) is 2.09. The Balaban J connectivity index is 1.89. The second-order valence-corrected chi connectivity index (χ2v) is 5.49. The third-order valence-electron chi connectivity index (χ3n) is 3.97. The molecule has 1 aliphatic heterocycles. The first-order valence-electron chi connectivity index (χ1n) is 7.34. The number of carboxylic acid groups (broad SMARTS) is 1. The summed E-state index contributed by atoms with van der Waals surface area (Å²) in [6.45, 7) is 0.866. The van der Waals surface area contributed by atoms with Crippen LogP contribution in [0.2, 0.25) is 0 Å². The number of hydrogen-bond donors (Lipinski definition) is 1. The number of benzene rings is 1. The second-order valence-electron chi connectivity index (χ2n) is 5.49. The van der Waals surface area contributed by atoms with E-state index in [9.17, 15) is 14.0 Å². The van der Waals surface area contributed by atoms with Crippen molar-refractivity contribution in [1.82, 2.24) is 4.90 Å². The summed E-state index contributed by atoms with van der Waals surface area (Å²) >= 11 is 0. The number of methoxy groups -OCH3 is 1. The lowest BCUT2D eigenvalue weighted by atomic mass is 9.97. The van der Waals surface area contributed by atoms with Crippen LogP contribution in [0, 0.1) is 11.7 Å². The summed E-state index contributed by atoms with van der Waals surface area (Å²) in [4.78, 5) is 24.8. The van der Waals surface area contributed by atoms with Gasteiger partial charge in [-0.2, -0.15) is 0 Å². The molecule has 6 heteroatoms. The Hall–Kier alpha value is -2.11. The van der Waals surface area contributed by atoms with Crippen LogP contribution >= 0.6 is 0 Å². The van der Waals surface area contributed by atoms with Crippen LogP contribution in [0.4, 0.5) is 4.39 Å². The van der Waals surface area contributed by atoms with Gasteiger partial charge in [0.1, 0.15) is 0 Å². The minimum atomic E-state index is -0.852. The number of ether oxygens (including phenoxy) is 1. The molecule has 1 atom stereocenters. The SMILES string of the molecule is COc1ccc(CCC(=O)N2CCC[C@H](C(=O)O)C2)cc1F. The Morgan fingerprint density at radius 1 is 1.45 bits per heavy atom. The van der Waals surface area contributed by atoms with Crippen LogP contribution in [-0.4, -0.2) is 42.1 Å². The van der Waals surface area contributed by atoms with Crippen molar-refractivity contribution in [2.75, 3.05) is 20.2 Å². The molecular formula is C16H20FNO4. The molecule has 0 radical (unpaired) electrons. The molecule has 0 unspecified atom stereocenters. The van der Waals surface area contributed by atoms with E-state index in [1.54, 1.807) is 11.0 Å². The molecule has 0 saturated carbocycles. The van der Waals surface area contributed by atoms with E-state index >= 15 is 0 Å². The zero-order valence-electron chi connectivity index (χ0n) is 12.5. The average molecular weight is 309 g/mol. The Morgan fingerprint density at radius 3 is 2.86 bits per heavy atom. The average Bonchev–Trinajstić information content (AvgIpc) is 2.52. The van der Waals surface area contributed by atoms with Gasteiger partial charge in [-0.1, -0.05) is 6.07 Å². The molecule has 0 aliphatic carbocycles. The first-order chi connectivity index (χ1) is 10.5. The Labute approximate surface area is 128 Å². The Kier molecular flexibility index (Phi) is 5.35. The third kappa shape index (κ3) is 3.96. The van der Waals surface area contributed by atoms with Crippen LogP contribution in [0.15, 0.2) is 18.2 Å². The fraction of sp³-hybridized carbons (Fsp3) is 0.500. The van der Waals surface area contributed by atoms with Crippen molar-refractivity contribution in [1.29, 1.82) is 0 Å². The van der Waals surface area contributed by atoms with Crippen LogP contribution < -0.4 is 4.74 Å². The van der Waals surface area contributed by atoms with Gasteiger partial charge in [0, 0.05) is 19.5 Å². The molecule has 2 rings (SSSR count). The lowest BCUT2D eigenvalue weighted by Gasteiger charge is -2.30. The van der Waals surface area contributed by atoms with Crippen LogP contribution in [-0.2, 0) is 16.0 Å². The van der Waals surface area contributed by atoms with Gasteiger partial charge in [0.15, 0.2) is 11.6 Å². The number of nitrogens with zero attached hydrogens (tertiary/aromatic N) is 1. The highest BCUT2D eigenvalue weighted by Gasteiger charge is 2.27. The molecule has 1 fully saturated rings. The second kappa shape index (κ2) is 7.24. The van der Waals surface area contributed by atoms with E-state index in [0.29, 0.717) is 25.8 Å². The van der Waals surface area contributed by atoms with E-state index in [1.807, 2.05) is 0 Å². The zero-order chi connectivity index (χ0) is 16.1. The number of amides is 1. The number of carbonyl (C=O) groups excluding carboxylic acids is 1. The van der Waals surface area contributed by atoms with Crippen LogP contribution in [0.1, 0.15) is 24.8 Å². The summed E-state index contributed by atoms with van der Waals surface area (Å²) in [5.41, 5.74) is 0.721. The van der Waals surface area contributed by atoms with E-state index in [0.717, 1.165) is 5.56 Å². The fourth-order valence-corrected chi connectivity index (χ4v) is 2.68. The maximum atomic E-state index is 13.6. The summed E-state index contributed by atoms with van der Waals surface area (Å²) < 4.78 is 18.4. The van der Waals surface area contributed by atoms with Gasteiger partial charge in [0.25, 0.3) is 0 Å². The minimum Gasteiger partial charge on any atom is -0.494 e. The number of carboxylic acids is 1. The summed E-state index contributed by atoms with van der Waals surface area (Å²) in [6.07, 6.45) is 1.99. The molecule has 1 amide bonds. The van der Waals surface area contributed by atoms with Crippen molar-refractivity contribution in [2.45, 2.75) is 25.7 Å². The normalized spacial score (nSPS) is 18.1. The highest BCUT2D eigenvalue weighted by Crippen LogP contribution is 2.20. The Bertz CT molecular complexity index is 561. The molecule has 5 nitrogen and oxygen atoms in total. The van der Waals surface area contributed by atoms with E-state index in [4.69, 9.17) is 9.84 Å². The lowest BCUT2D eigenvalue weighted by Crippen LogP contribution is -2.42. The number of aryl methyl sites for hydroxylation is 1. The number of hydrogen-bond acceptors (Lipinski definition) is 3. The molecule has 0 spiro atoms. The molecular weight excluding hydrogens is 289 g/mol. The summed E-state index contributed by atoms with van der Waals surface area (Å²) in [7, 11) is 1.40. The number of halogens is 1. The molecule has 1 aromatic carbocycles. The lowest BCUT2D eigenvalue weighted by molar-refractivity contribution is -0.145. The molecule has 1 saturated heterocycles. The first-order valence-corrected chi connectivity index (χ1v) is 7.34. The van der Waals surface area contributed by atoms with Gasteiger partial charge in [-0.15, -0.1) is 0 Å². The topological polar surface area (TPSA) is 66.8 Å². The minimum absolute atomic E-state index is 0.0813. The summed E-state index contributed by atoms with van der Waals surface area (Å²) in [5.74, 6) is -1.68. The molecule has 120 valence electrons. The van der Waals surface area contributed by atoms with E-state index in [-0.39, 0.29) is 24.6 Å². The highest BCUT2D eigenvalue weighted by molar-refractivity contribution is 5.78. The number of carbonyl (C=O) groups is 2. The van der Waals surface area contributed by atoms with Gasteiger partial charge >= 0.3 is 5.97 Å². The quantitative estimate of drug-likeness (QED) is 0.904. The molecule has 0 bridgehead atoms. The van der Waals surface area contributed by atoms with Crippen LogP contribution in [0.3, 0.4) is 0 Å². The fourth-order valence-electron chi connectivity index (χ4n) is 2.68. The van der Waals surface area contributed by atoms with Gasteiger partial charge in [-0.3, -0.25) is 9.59 Å². The summed E-state index contributed by atoms with van der Waals surface area (Å²) in [6, 6.07) is 4.63. The maximum Gasteiger partial charge on any atom is 0.308 e. The highest BCUT2D eigenvalue weighted by atomic mass is 19.1. The van der Waals surface area contributed by atoms with Crippen molar-refractivity contribution >= 4 is 11.9 Å². The molecule has 22 heavy (non-hydrogen) atoms. The maximum absolute atomic E-state index is 13.6. The van der Waals surface area contributed by atoms with E-state index in [1.165, 1.54) is 19.2 Å². The van der Waals surface area contributed by atoms with Crippen molar-refractivity contribution in [3.8, 4) is 5.75 Å². The van der Waals surface area contributed by atoms with Gasteiger partial charge in [-0.25, -0.2) is 4.39 Å². The van der Waals surface area contributed by atoms with Gasteiger partial charge in [0.2, 0.25) is 5.91 Å². The van der Waals surface area contributed by atoms with Crippen molar-refractivity contribution in [2.24, 2.45) is 5.92 Å². The van der Waals surface area contributed by atoms with Crippen molar-refractivity contribution < 1.29 is 23.8 Å². The molecule has 0 aromatic heterocycles. The zero-order valence-corrected chi connectivity index (χ0v) is 12.5. The number of piperidine rings is 1.